The Bertz CT molecular complexity index is 514. The summed E-state index contributed by atoms with van der Waals surface area (Å²) in [6.45, 7) is 1.86. The Labute approximate surface area is 118 Å². The number of hydrogen-bond acceptors (Lipinski definition) is 4. The van der Waals surface area contributed by atoms with Gasteiger partial charge in [0.15, 0.2) is 5.82 Å². The van der Waals surface area contributed by atoms with Gasteiger partial charge < -0.3 is 15.7 Å². The Balaban J connectivity index is 1.78. The van der Waals surface area contributed by atoms with Gasteiger partial charge in [-0.3, -0.25) is 0 Å². The summed E-state index contributed by atoms with van der Waals surface area (Å²) >= 11 is 0. The first-order valence-corrected chi connectivity index (χ1v) is 7.34. The number of anilines is 2. The highest BCUT2D eigenvalue weighted by Gasteiger charge is 2.37. The molecule has 1 saturated carbocycles. The van der Waals surface area contributed by atoms with Crippen LogP contribution in [-0.4, -0.2) is 29.1 Å². The van der Waals surface area contributed by atoms with Gasteiger partial charge in [-0.15, -0.1) is 0 Å². The highest BCUT2D eigenvalue weighted by Crippen LogP contribution is 2.46. The monoisotopic (exact) mass is 275 g/mol. The molecule has 2 heterocycles. The molecule has 3 rings (SSSR count). The van der Waals surface area contributed by atoms with Crippen molar-refractivity contribution in [2.45, 2.75) is 38.5 Å². The van der Waals surface area contributed by atoms with Gasteiger partial charge >= 0.3 is 5.97 Å². The first-order chi connectivity index (χ1) is 9.61. The van der Waals surface area contributed by atoms with E-state index in [1.807, 2.05) is 0 Å². The Kier molecular flexibility index (Phi) is 3.28. The summed E-state index contributed by atoms with van der Waals surface area (Å²) in [4.78, 5) is 17.6. The summed E-state index contributed by atoms with van der Waals surface area (Å²) in [5, 5.41) is 9.13. The van der Waals surface area contributed by atoms with Crippen molar-refractivity contribution >= 4 is 17.5 Å². The van der Waals surface area contributed by atoms with Gasteiger partial charge in [0.2, 0.25) is 0 Å². The van der Waals surface area contributed by atoms with E-state index in [-0.39, 0.29) is 5.56 Å². The maximum atomic E-state index is 11.1. The lowest BCUT2D eigenvalue weighted by atomic mass is 9.77. The molecule has 0 radical (unpaired) electrons. The molecule has 0 bridgehead atoms. The van der Waals surface area contributed by atoms with E-state index in [1.165, 1.54) is 50.8 Å². The van der Waals surface area contributed by atoms with E-state index in [0.29, 0.717) is 16.9 Å². The molecule has 3 N–H and O–H groups in total. The van der Waals surface area contributed by atoms with Crippen LogP contribution >= 0.6 is 0 Å². The van der Waals surface area contributed by atoms with Gasteiger partial charge in [-0.2, -0.15) is 0 Å². The molecule has 0 unspecified atom stereocenters. The largest absolute Gasteiger partial charge is 0.478 e. The minimum atomic E-state index is -0.990. The molecular weight excluding hydrogens is 254 g/mol. The zero-order chi connectivity index (χ0) is 14.2. The Morgan fingerprint density at radius 2 is 1.90 bits per heavy atom. The zero-order valence-corrected chi connectivity index (χ0v) is 11.6. The van der Waals surface area contributed by atoms with Gasteiger partial charge in [0, 0.05) is 19.3 Å². The summed E-state index contributed by atoms with van der Waals surface area (Å²) in [6, 6.07) is 1.46. The van der Waals surface area contributed by atoms with Crippen LogP contribution in [0.25, 0.3) is 0 Å². The van der Waals surface area contributed by atoms with E-state index < -0.39 is 5.97 Å². The van der Waals surface area contributed by atoms with Crippen LogP contribution < -0.4 is 10.6 Å². The van der Waals surface area contributed by atoms with Crippen LogP contribution in [-0.2, 0) is 0 Å². The number of carboxylic acids is 1. The maximum Gasteiger partial charge on any atom is 0.337 e. The van der Waals surface area contributed by atoms with Gasteiger partial charge in [0.05, 0.1) is 11.3 Å². The van der Waals surface area contributed by atoms with Crippen molar-refractivity contribution in [2.75, 3.05) is 23.7 Å². The fourth-order valence-corrected chi connectivity index (χ4v) is 3.72. The van der Waals surface area contributed by atoms with Crippen LogP contribution in [0.4, 0.5) is 11.5 Å². The quantitative estimate of drug-likeness (QED) is 0.867. The lowest BCUT2D eigenvalue weighted by molar-refractivity contribution is 0.0698. The van der Waals surface area contributed by atoms with Gasteiger partial charge in [0.1, 0.15) is 0 Å². The van der Waals surface area contributed by atoms with Crippen molar-refractivity contribution in [2.24, 2.45) is 5.41 Å². The highest BCUT2D eigenvalue weighted by atomic mass is 16.4. The molecule has 5 nitrogen and oxygen atoms in total. The molecule has 0 atom stereocenters. The number of aromatic carboxylic acids is 1. The van der Waals surface area contributed by atoms with Crippen molar-refractivity contribution < 1.29 is 9.90 Å². The minimum Gasteiger partial charge on any atom is -0.478 e. The molecule has 1 aromatic rings. The fraction of sp³-hybridized carbons (Fsp3) is 0.600. The number of aromatic nitrogens is 1. The average molecular weight is 275 g/mol. The lowest BCUT2D eigenvalue weighted by Gasteiger charge is -2.40. The van der Waals surface area contributed by atoms with E-state index in [1.54, 1.807) is 0 Å². The number of rotatable bonds is 2. The number of nitrogen functional groups attached to an aromatic ring is 1. The van der Waals surface area contributed by atoms with Gasteiger partial charge in [-0.1, -0.05) is 12.8 Å². The second-order valence-electron chi connectivity index (χ2n) is 6.10. The minimum absolute atomic E-state index is 0.149. The molecule has 0 aromatic carbocycles. The van der Waals surface area contributed by atoms with Crippen LogP contribution in [0.2, 0.25) is 0 Å². The third-order valence-electron chi connectivity index (χ3n) is 4.99. The SMILES string of the molecule is Nc1c(C(=O)O)ccnc1N1CCC2(CCCC2)CC1. The second-order valence-corrected chi connectivity index (χ2v) is 6.10. The maximum absolute atomic E-state index is 11.1. The van der Waals surface area contributed by atoms with E-state index >= 15 is 0 Å². The van der Waals surface area contributed by atoms with Gasteiger partial charge in [0.25, 0.3) is 0 Å². The Hall–Kier alpha value is -1.78. The van der Waals surface area contributed by atoms with Crippen LogP contribution in [0.5, 0.6) is 0 Å². The molecule has 1 aliphatic heterocycles. The molecule has 2 fully saturated rings. The van der Waals surface area contributed by atoms with Gasteiger partial charge in [-0.05, 0) is 37.2 Å². The standard InChI is InChI=1S/C15H21N3O2/c16-12-11(14(19)20)3-8-17-13(12)18-9-6-15(7-10-18)4-1-2-5-15/h3,8H,1-2,4-7,9-10,16H2,(H,19,20). The van der Waals surface area contributed by atoms with Crippen LogP contribution in [0, 0.1) is 5.41 Å². The van der Waals surface area contributed by atoms with Crippen molar-refractivity contribution in [1.82, 2.24) is 4.98 Å². The number of pyridine rings is 1. The number of hydrogen-bond donors (Lipinski definition) is 2. The van der Waals surface area contributed by atoms with Crippen LogP contribution in [0.1, 0.15) is 48.9 Å². The van der Waals surface area contributed by atoms with E-state index in [4.69, 9.17) is 10.8 Å². The first-order valence-electron chi connectivity index (χ1n) is 7.34. The van der Waals surface area contributed by atoms with Gasteiger partial charge in [-0.25, -0.2) is 9.78 Å². The predicted octanol–water partition coefficient (Wildman–Crippen LogP) is 2.52. The normalized spacial score (nSPS) is 21.3. The van der Waals surface area contributed by atoms with Crippen LogP contribution in [0.15, 0.2) is 12.3 Å². The first kappa shape index (κ1) is 13.2. The molecular formula is C15H21N3O2. The third kappa shape index (κ3) is 2.21. The Morgan fingerprint density at radius 1 is 1.25 bits per heavy atom. The number of nitrogens with two attached hydrogens (primary N) is 1. The van der Waals surface area contributed by atoms with Crippen LogP contribution in [0.3, 0.4) is 0 Å². The number of nitrogens with zero attached hydrogens (tertiary/aromatic N) is 2. The molecule has 1 spiro atoms. The topological polar surface area (TPSA) is 79.5 Å². The molecule has 1 aromatic heterocycles. The number of piperidine rings is 1. The molecule has 5 heteroatoms. The average Bonchev–Trinajstić information content (AvgIpc) is 2.88. The third-order valence-corrected chi connectivity index (χ3v) is 4.99. The lowest BCUT2D eigenvalue weighted by Crippen LogP contribution is -2.39. The predicted molar refractivity (Wildman–Crippen MR) is 78.0 cm³/mol. The summed E-state index contributed by atoms with van der Waals surface area (Å²) in [5.74, 6) is -0.354. The fourth-order valence-electron chi connectivity index (χ4n) is 3.72. The van der Waals surface area contributed by atoms with Crippen molar-refractivity contribution in [3.8, 4) is 0 Å². The summed E-state index contributed by atoms with van der Waals surface area (Å²) in [5.41, 5.74) is 6.96. The van der Waals surface area contributed by atoms with Crippen molar-refractivity contribution in [3.05, 3.63) is 17.8 Å². The molecule has 2 aliphatic rings. The van der Waals surface area contributed by atoms with Crippen molar-refractivity contribution in [1.29, 1.82) is 0 Å². The Morgan fingerprint density at radius 3 is 2.50 bits per heavy atom. The van der Waals surface area contributed by atoms with E-state index in [2.05, 4.69) is 9.88 Å². The number of carboxylic acid groups (broad SMARTS) is 1. The number of carbonyl (C=O) groups is 1. The summed E-state index contributed by atoms with van der Waals surface area (Å²) < 4.78 is 0. The summed E-state index contributed by atoms with van der Waals surface area (Å²) in [6.07, 6.45) is 9.29. The highest BCUT2D eigenvalue weighted by molar-refractivity contribution is 5.96. The smallest absolute Gasteiger partial charge is 0.337 e. The van der Waals surface area contributed by atoms with E-state index in [0.717, 1.165) is 13.1 Å². The molecule has 1 aliphatic carbocycles. The molecule has 108 valence electrons. The summed E-state index contributed by atoms with van der Waals surface area (Å²) in [7, 11) is 0. The molecule has 1 saturated heterocycles. The molecule has 0 amide bonds. The zero-order valence-electron chi connectivity index (χ0n) is 11.6. The molecule has 20 heavy (non-hydrogen) atoms. The van der Waals surface area contributed by atoms with E-state index in [9.17, 15) is 4.79 Å². The van der Waals surface area contributed by atoms with Crippen molar-refractivity contribution in [3.63, 3.8) is 0 Å². The second kappa shape index (κ2) is 4.96.